The highest BCUT2D eigenvalue weighted by Crippen LogP contribution is 2.38. The molecule has 2 aliphatic rings. The zero-order chi connectivity index (χ0) is 27.7. The van der Waals surface area contributed by atoms with Crippen LogP contribution in [0.5, 0.6) is 5.75 Å². The number of allylic oxidation sites excluding steroid dienone is 3. The normalized spacial score (nSPS) is 20.1. The van der Waals surface area contributed by atoms with Crippen LogP contribution in [-0.2, 0) is 15.9 Å². The summed E-state index contributed by atoms with van der Waals surface area (Å²) in [5.41, 5.74) is 6.11. The van der Waals surface area contributed by atoms with Gasteiger partial charge in [0.25, 0.3) is 0 Å². The van der Waals surface area contributed by atoms with Gasteiger partial charge in [0.15, 0.2) is 0 Å². The van der Waals surface area contributed by atoms with Crippen molar-refractivity contribution in [2.45, 2.75) is 76.9 Å². The van der Waals surface area contributed by atoms with E-state index in [1.54, 1.807) is 0 Å². The summed E-state index contributed by atoms with van der Waals surface area (Å²) in [7, 11) is 0. The molecule has 0 fully saturated rings. The van der Waals surface area contributed by atoms with Gasteiger partial charge in [-0.1, -0.05) is 86.3 Å². The van der Waals surface area contributed by atoms with Crippen LogP contribution in [0.15, 0.2) is 120 Å². The molecular formula is C37H42O3. The van der Waals surface area contributed by atoms with E-state index in [0.717, 1.165) is 66.9 Å². The number of hydrogen-bond donors (Lipinski definition) is 0. The lowest BCUT2D eigenvalue weighted by Crippen LogP contribution is -2.15. The number of hydrogen-bond acceptors (Lipinski definition) is 3. The Kier molecular flexibility index (Phi) is 9.44. The first-order chi connectivity index (χ1) is 19.6. The predicted molar refractivity (Wildman–Crippen MR) is 163 cm³/mol. The molecule has 5 rings (SSSR count). The van der Waals surface area contributed by atoms with Gasteiger partial charge in [-0.15, -0.1) is 0 Å². The molecule has 0 radical (unpaired) electrons. The topological polar surface area (TPSA) is 27.7 Å². The molecule has 3 atom stereocenters. The first-order valence-corrected chi connectivity index (χ1v) is 14.8. The maximum atomic E-state index is 6.55. The van der Waals surface area contributed by atoms with Crippen molar-refractivity contribution < 1.29 is 14.2 Å². The van der Waals surface area contributed by atoms with Gasteiger partial charge < -0.3 is 14.2 Å². The molecule has 40 heavy (non-hydrogen) atoms. The number of rotatable bonds is 10. The highest BCUT2D eigenvalue weighted by Gasteiger charge is 2.25. The number of ether oxygens (including phenoxy) is 3. The van der Waals surface area contributed by atoms with Gasteiger partial charge in [-0.3, -0.25) is 0 Å². The smallest absolute Gasteiger partial charge is 0.144 e. The molecular weight excluding hydrogens is 492 g/mol. The van der Waals surface area contributed by atoms with Gasteiger partial charge in [0.05, 0.1) is 18.5 Å². The van der Waals surface area contributed by atoms with E-state index in [-0.39, 0.29) is 12.0 Å². The molecule has 0 aliphatic carbocycles. The summed E-state index contributed by atoms with van der Waals surface area (Å²) in [6.07, 6.45) is 9.62. The quantitative estimate of drug-likeness (QED) is 0.242. The molecule has 2 unspecified atom stereocenters. The molecule has 3 aromatic carbocycles. The highest BCUT2D eigenvalue weighted by atomic mass is 16.5. The van der Waals surface area contributed by atoms with Crippen molar-refractivity contribution in [1.82, 2.24) is 0 Å². The van der Waals surface area contributed by atoms with E-state index in [4.69, 9.17) is 14.2 Å². The van der Waals surface area contributed by atoms with Gasteiger partial charge in [-0.2, -0.15) is 0 Å². The number of benzene rings is 3. The fraction of sp³-hybridized carbons (Fsp3) is 0.351. The maximum Gasteiger partial charge on any atom is 0.144 e. The van der Waals surface area contributed by atoms with E-state index in [1.165, 1.54) is 23.1 Å². The zero-order valence-corrected chi connectivity index (χ0v) is 24.0. The van der Waals surface area contributed by atoms with Crippen molar-refractivity contribution in [2.75, 3.05) is 6.61 Å². The Morgan fingerprint density at radius 3 is 2.38 bits per heavy atom. The maximum absolute atomic E-state index is 6.55. The van der Waals surface area contributed by atoms with Crippen molar-refractivity contribution in [2.24, 2.45) is 0 Å². The molecule has 3 nitrogen and oxygen atoms in total. The van der Waals surface area contributed by atoms with Crippen molar-refractivity contribution in [3.8, 4) is 5.75 Å². The molecule has 3 aromatic rings. The largest absolute Gasteiger partial charge is 0.494 e. The van der Waals surface area contributed by atoms with Gasteiger partial charge in [-0.25, -0.2) is 0 Å². The molecule has 0 saturated carbocycles. The SMILES string of the molecule is C=C1CC(CCOc2ccc(CC(C3=CCCC[C@@H](CC)O3)c3ccccc3)cc2)=C(C)OC1c1ccccc1. The lowest BCUT2D eigenvalue weighted by atomic mass is 9.89. The Bertz CT molecular complexity index is 1300. The average Bonchev–Trinajstić information content (AvgIpc) is 3.25. The highest BCUT2D eigenvalue weighted by molar-refractivity contribution is 5.34. The van der Waals surface area contributed by atoms with E-state index in [2.05, 4.69) is 93.2 Å². The van der Waals surface area contributed by atoms with Crippen LogP contribution >= 0.6 is 0 Å². The van der Waals surface area contributed by atoms with Crippen LogP contribution in [0.25, 0.3) is 0 Å². The third kappa shape index (κ3) is 7.07. The van der Waals surface area contributed by atoms with E-state index in [9.17, 15) is 0 Å². The van der Waals surface area contributed by atoms with Crippen LogP contribution < -0.4 is 4.74 Å². The second-order valence-corrected chi connectivity index (χ2v) is 11.0. The van der Waals surface area contributed by atoms with E-state index >= 15 is 0 Å². The van der Waals surface area contributed by atoms with E-state index in [1.807, 2.05) is 18.2 Å². The van der Waals surface area contributed by atoms with Crippen molar-refractivity contribution in [1.29, 1.82) is 0 Å². The van der Waals surface area contributed by atoms with Crippen molar-refractivity contribution in [3.63, 3.8) is 0 Å². The Hall–Kier alpha value is -3.72. The van der Waals surface area contributed by atoms with Gasteiger partial charge in [0.1, 0.15) is 17.6 Å². The lowest BCUT2D eigenvalue weighted by Gasteiger charge is -2.29. The lowest BCUT2D eigenvalue weighted by molar-refractivity contribution is 0.0967. The minimum absolute atomic E-state index is 0.0647. The summed E-state index contributed by atoms with van der Waals surface area (Å²) in [4.78, 5) is 0. The second kappa shape index (κ2) is 13.6. The summed E-state index contributed by atoms with van der Waals surface area (Å²) < 4.78 is 19.0. The third-order valence-electron chi connectivity index (χ3n) is 8.12. The molecule has 0 spiro atoms. The van der Waals surface area contributed by atoms with Crippen molar-refractivity contribution >= 4 is 0 Å². The van der Waals surface area contributed by atoms with Gasteiger partial charge >= 0.3 is 0 Å². The third-order valence-corrected chi connectivity index (χ3v) is 8.12. The van der Waals surface area contributed by atoms with Crippen LogP contribution in [0, 0.1) is 0 Å². The van der Waals surface area contributed by atoms with Crippen LogP contribution in [-0.4, -0.2) is 12.7 Å². The van der Waals surface area contributed by atoms with Crippen molar-refractivity contribution in [3.05, 3.63) is 137 Å². The Balaban J connectivity index is 1.20. The molecule has 2 aliphatic heterocycles. The van der Waals surface area contributed by atoms with Crippen LogP contribution in [0.4, 0.5) is 0 Å². The molecule has 208 valence electrons. The Labute approximate surface area is 240 Å². The van der Waals surface area contributed by atoms with E-state index in [0.29, 0.717) is 12.7 Å². The predicted octanol–water partition coefficient (Wildman–Crippen LogP) is 9.64. The second-order valence-electron chi connectivity index (χ2n) is 11.0. The molecule has 0 saturated heterocycles. The molecule has 3 heteroatoms. The molecule has 0 bridgehead atoms. The summed E-state index contributed by atoms with van der Waals surface area (Å²) >= 11 is 0. The van der Waals surface area contributed by atoms with Gasteiger partial charge in [0.2, 0.25) is 0 Å². The summed E-state index contributed by atoms with van der Waals surface area (Å²) in [5, 5.41) is 0. The average molecular weight is 535 g/mol. The minimum Gasteiger partial charge on any atom is -0.494 e. The van der Waals surface area contributed by atoms with Gasteiger partial charge in [-0.05, 0) is 91.5 Å². The molecule has 0 aromatic heterocycles. The fourth-order valence-electron chi connectivity index (χ4n) is 5.75. The summed E-state index contributed by atoms with van der Waals surface area (Å²) in [5.74, 6) is 3.24. The molecule has 2 heterocycles. The van der Waals surface area contributed by atoms with Crippen LogP contribution in [0.3, 0.4) is 0 Å². The Morgan fingerprint density at radius 1 is 0.925 bits per heavy atom. The van der Waals surface area contributed by atoms with Crippen LogP contribution in [0.2, 0.25) is 0 Å². The zero-order valence-electron chi connectivity index (χ0n) is 24.0. The standard InChI is InChI=1S/C37H42O3/c1-4-33-17-11-12-18-36(40-33)35(30-13-7-5-8-14-30)26-29-19-21-34(22-20-29)38-24-23-32-25-27(2)37(39-28(32)3)31-15-9-6-10-16-31/h5-10,13-16,18-22,33,35,37H,2,4,11-12,17,23-26H2,1,3H3/t33-,35?,37?/m1/s1. The summed E-state index contributed by atoms with van der Waals surface area (Å²) in [6.45, 7) is 9.21. The monoisotopic (exact) mass is 534 g/mol. The fourth-order valence-corrected chi connectivity index (χ4v) is 5.75. The molecule has 0 N–H and O–H groups in total. The summed E-state index contributed by atoms with van der Waals surface area (Å²) in [6, 6.07) is 29.7. The van der Waals surface area contributed by atoms with Gasteiger partial charge in [0, 0.05) is 12.3 Å². The molecule has 0 amide bonds. The van der Waals surface area contributed by atoms with Crippen LogP contribution in [0.1, 0.15) is 81.1 Å². The first-order valence-electron chi connectivity index (χ1n) is 14.8. The van der Waals surface area contributed by atoms with E-state index < -0.39 is 0 Å². The Morgan fingerprint density at radius 2 is 1.65 bits per heavy atom. The first kappa shape index (κ1) is 27.8. The minimum atomic E-state index is -0.0647.